The molecule has 1 aromatic rings. The maximum Gasteiger partial charge on any atom is 0.327 e. The molecule has 0 heterocycles. The summed E-state index contributed by atoms with van der Waals surface area (Å²) in [6.07, 6.45) is -0.110. The van der Waals surface area contributed by atoms with Gasteiger partial charge in [-0.05, 0) is 5.56 Å². The van der Waals surface area contributed by atoms with Crippen molar-refractivity contribution in [3.63, 3.8) is 0 Å². The van der Waals surface area contributed by atoms with Crippen LogP contribution >= 0.6 is 11.8 Å². The van der Waals surface area contributed by atoms with Gasteiger partial charge in [0.25, 0.3) is 0 Å². The van der Waals surface area contributed by atoms with E-state index in [1.54, 1.807) is 24.3 Å². The third-order valence-electron chi connectivity index (χ3n) is 2.67. The fourth-order valence-electron chi connectivity index (χ4n) is 1.73. The van der Waals surface area contributed by atoms with Crippen LogP contribution in [0.2, 0.25) is 0 Å². The number of thioether (sulfide) groups is 1. The Morgan fingerprint density at radius 1 is 1.19 bits per heavy atom. The Balaban J connectivity index is 2.74. The van der Waals surface area contributed by atoms with Gasteiger partial charge in [0, 0.05) is 17.9 Å². The Hall–Kier alpha value is -2.02. The lowest BCUT2D eigenvalue weighted by Gasteiger charge is -2.18. The fourth-order valence-corrected chi connectivity index (χ4v) is 2.99. The smallest absolute Gasteiger partial charge is 0.327 e. The second-order valence-corrected chi connectivity index (χ2v) is 5.66. The number of hydrogen-bond acceptors (Lipinski definition) is 4. The summed E-state index contributed by atoms with van der Waals surface area (Å²) in [7, 11) is 0. The molecule has 0 radical (unpaired) electrons. The van der Waals surface area contributed by atoms with Crippen LogP contribution in [0, 0.1) is 0 Å². The van der Waals surface area contributed by atoms with Crippen molar-refractivity contribution in [3.8, 4) is 0 Å². The topological polar surface area (TPSA) is 104 Å². The van der Waals surface area contributed by atoms with E-state index in [1.807, 2.05) is 6.07 Å². The maximum atomic E-state index is 11.1. The van der Waals surface area contributed by atoms with E-state index in [-0.39, 0.29) is 17.4 Å². The Labute approximate surface area is 126 Å². The number of carboxylic acid groups (broad SMARTS) is 2. The van der Waals surface area contributed by atoms with Crippen molar-refractivity contribution < 1.29 is 24.6 Å². The number of nitrogens with one attached hydrogen (secondary N) is 1. The zero-order valence-electron chi connectivity index (χ0n) is 11.5. The van der Waals surface area contributed by atoms with Gasteiger partial charge in [0.05, 0.1) is 6.42 Å². The predicted molar refractivity (Wildman–Crippen MR) is 79.1 cm³/mol. The molecule has 3 N–H and O–H groups in total. The van der Waals surface area contributed by atoms with Crippen molar-refractivity contribution in [2.24, 2.45) is 0 Å². The van der Waals surface area contributed by atoms with Crippen LogP contribution in [-0.2, 0) is 14.4 Å². The summed E-state index contributed by atoms with van der Waals surface area (Å²) in [5.74, 6) is -2.43. The average Bonchev–Trinajstić information content (AvgIpc) is 2.41. The van der Waals surface area contributed by atoms with Gasteiger partial charge in [-0.3, -0.25) is 9.59 Å². The van der Waals surface area contributed by atoms with Gasteiger partial charge >= 0.3 is 11.9 Å². The van der Waals surface area contributed by atoms with Crippen LogP contribution in [-0.4, -0.2) is 39.9 Å². The number of amides is 1. The molecule has 0 spiro atoms. The van der Waals surface area contributed by atoms with E-state index in [9.17, 15) is 14.4 Å². The summed E-state index contributed by atoms with van der Waals surface area (Å²) in [5, 5.41) is 20.0. The lowest BCUT2D eigenvalue weighted by atomic mass is 10.1. The van der Waals surface area contributed by atoms with E-state index in [0.29, 0.717) is 0 Å². The second-order valence-electron chi connectivity index (χ2n) is 4.42. The first-order valence-electron chi connectivity index (χ1n) is 6.28. The van der Waals surface area contributed by atoms with Crippen molar-refractivity contribution in [1.29, 1.82) is 0 Å². The monoisotopic (exact) mass is 311 g/mol. The van der Waals surface area contributed by atoms with Gasteiger partial charge in [0.2, 0.25) is 5.91 Å². The highest BCUT2D eigenvalue weighted by Gasteiger charge is 2.23. The lowest BCUT2D eigenvalue weighted by molar-refractivity contribution is -0.140. The molecule has 0 saturated heterocycles. The average molecular weight is 311 g/mol. The highest BCUT2D eigenvalue weighted by molar-refractivity contribution is 7.99. The van der Waals surface area contributed by atoms with Crippen LogP contribution in [0.25, 0.3) is 0 Å². The van der Waals surface area contributed by atoms with Gasteiger partial charge in [-0.1, -0.05) is 30.3 Å². The summed E-state index contributed by atoms with van der Waals surface area (Å²) in [6, 6.07) is 7.99. The Morgan fingerprint density at radius 2 is 1.81 bits per heavy atom. The molecular formula is C14H17NO5S. The molecule has 21 heavy (non-hydrogen) atoms. The van der Waals surface area contributed by atoms with Gasteiger partial charge in [-0.2, -0.15) is 11.8 Å². The Kier molecular flexibility index (Phi) is 6.74. The molecule has 0 aliphatic heterocycles. The third-order valence-corrected chi connectivity index (χ3v) is 4.04. The number of carbonyl (C=O) groups is 3. The van der Waals surface area contributed by atoms with Crippen molar-refractivity contribution >= 4 is 29.6 Å². The van der Waals surface area contributed by atoms with Gasteiger partial charge in [-0.25, -0.2) is 4.79 Å². The SMILES string of the molecule is CC(=O)N[C@@H](CSC(CC(=O)O)c1ccccc1)C(=O)O. The van der Waals surface area contributed by atoms with E-state index in [2.05, 4.69) is 5.32 Å². The first-order valence-corrected chi connectivity index (χ1v) is 7.33. The van der Waals surface area contributed by atoms with Crippen LogP contribution in [0.3, 0.4) is 0 Å². The van der Waals surface area contributed by atoms with E-state index >= 15 is 0 Å². The summed E-state index contributed by atoms with van der Waals surface area (Å²) in [5.41, 5.74) is 0.817. The van der Waals surface area contributed by atoms with E-state index in [1.165, 1.54) is 18.7 Å². The molecule has 0 saturated carbocycles. The van der Waals surface area contributed by atoms with Gasteiger partial charge in [0.15, 0.2) is 0 Å². The van der Waals surface area contributed by atoms with Crippen LogP contribution in [0.15, 0.2) is 30.3 Å². The summed E-state index contributed by atoms with van der Waals surface area (Å²) < 4.78 is 0. The molecule has 7 heteroatoms. The fraction of sp³-hybridized carbons (Fsp3) is 0.357. The zero-order chi connectivity index (χ0) is 15.8. The second kappa shape index (κ2) is 8.31. The molecule has 1 unspecified atom stereocenters. The Bertz CT molecular complexity index is 505. The lowest BCUT2D eigenvalue weighted by Crippen LogP contribution is -2.41. The highest BCUT2D eigenvalue weighted by atomic mass is 32.2. The third kappa shape index (κ3) is 6.31. The zero-order valence-corrected chi connectivity index (χ0v) is 12.3. The van der Waals surface area contributed by atoms with Crippen molar-refractivity contribution in [2.45, 2.75) is 24.6 Å². The van der Waals surface area contributed by atoms with Gasteiger partial charge in [-0.15, -0.1) is 0 Å². The van der Waals surface area contributed by atoms with Gasteiger partial charge in [0.1, 0.15) is 6.04 Å². The van der Waals surface area contributed by atoms with Crippen LogP contribution in [0.4, 0.5) is 0 Å². The van der Waals surface area contributed by atoms with E-state index in [0.717, 1.165) is 5.56 Å². The first kappa shape index (κ1) is 17.0. The molecule has 2 atom stereocenters. The molecule has 0 fully saturated rings. The summed E-state index contributed by atoms with van der Waals surface area (Å²) in [4.78, 5) is 33.0. The predicted octanol–water partition coefficient (Wildman–Crippen LogP) is 1.52. The number of aliphatic carboxylic acids is 2. The molecule has 1 rings (SSSR count). The van der Waals surface area contributed by atoms with Crippen molar-refractivity contribution in [1.82, 2.24) is 5.32 Å². The van der Waals surface area contributed by atoms with Gasteiger partial charge < -0.3 is 15.5 Å². The standard InChI is InChI=1S/C14H17NO5S/c1-9(16)15-11(14(19)20)8-21-12(7-13(17)18)10-5-3-2-4-6-10/h2-6,11-12H,7-8H2,1H3,(H,15,16)(H,17,18)(H,19,20)/t11-,12?/m0/s1. The normalized spacial score (nSPS) is 13.2. The molecule has 0 aliphatic rings. The molecule has 0 aliphatic carbocycles. The van der Waals surface area contributed by atoms with Crippen LogP contribution in [0.1, 0.15) is 24.2 Å². The first-order chi connectivity index (χ1) is 9.90. The highest BCUT2D eigenvalue weighted by Crippen LogP contribution is 2.32. The number of carbonyl (C=O) groups excluding carboxylic acids is 1. The minimum atomic E-state index is -1.14. The molecule has 1 aromatic carbocycles. The largest absolute Gasteiger partial charge is 0.481 e. The van der Waals surface area contributed by atoms with E-state index < -0.39 is 23.9 Å². The number of benzene rings is 1. The molecular weight excluding hydrogens is 294 g/mol. The molecule has 0 bridgehead atoms. The Morgan fingerprint density at radius 3 is 2.29 bits per heavy atom. The number of rotatable bonds is 8. The molecule has 1 amide bonds. The summed E-state index contributed by atoms with van der Waals surface area (Å²) >= 11 is 1.20. The van der Waals surface area contributed by atoms with Crippen molar-refractivity contribution in [3.05, 3.63) is 35.9 Å². The number of hydrogen-bond donors (Lipinski definition) is 3. The number of carboxylic acids is 2. The van der Waals surface area contributed by atoms with Crippen molar-refractivity contribution in [2.75, 3.05) is 5.75 Å². The van der Waals surface area contributed by atoms with Crippen LogP contribution in [0.5, 0.6) is 0 Å². The maximum absolute atomic E-state index is 11.1. The summed E-state index contributed by atoms with van der Waals surface area (Å²) in [6.45, 7) is 1.24. The van der Waals surface area contributed by atoms with E-state index in [4.69, 9.17) is 10.2 Å². The molecule has 114 valence electrons. The quantitative estimate of drug-likeness (QED) is 0.672. The minimum absolute atomic E-state index is 0.0990. The molecule has 6 nitrogen and oxygen atoms in total. The molecule has 0 aromatic heterocycles. The minimum Gasteiger partial charge on any atom is -0.481 e. The van der Waals surface area contributed by atoms with Crippen LogP contribution < -0.4 is 5.32 Å².